The van der Waals surface area contributed by atoms with Crippen LogP contribution in [0.2, 0.25) is 5.02 Å². The fourth-order valence-corrected chi connectivity index (χ4v) is 3.61. The summed E-state index contributed by atoms with van der Waals surface area (Å²) in [5.41, 5.74) is 2.48. The summed E-state index contributed by atoms with van der Waals surface area (Å²) in [5.74, 6) is 1.47. The number of halogens is 1. The monoisotopic (exact) mass is 356 g/mol. The maximum absolute atomic E-state index is 8.15. The summed E-state index contributed by atoms with van der Waals surface area (Å²) in [7, 11) is 2.19. The first kappa shape index (κ1) is 17.9. The van der Waals surface area contributed by atoms with Gasteiger partial charge < -0.3 is 15.3 Å². The highest BCUT2D eigenvalue weighted by Crippen LogP contribution is 2.26. The molecule has 0 spiro atoms. The minimum Gasteiger partial charge on any atom is -0.338 e. The summed E-state index contributed by atoms with van der Waals surface area (Å²) in [6.45, 7) is 2.37. The van der Waals surface area contributed by atoms with Gasteiger partial charge in [-0.2, -0.15) is 0 Å². The molecule has 1 fully saturated rings. The van der Waals surface area contributed by atoms with Gasteiger partial charge in [-0.1, -0.05) is 29.8 Å². The van der Waals surface area contributed by atoms with Crippen LogP contribution < -0.4 is 0 Å². The molecular weight excluding hydrogens is 332 g/mol. The minimum atomic E-state index is 0.656. The van der Waals surface area contributed by atoms with E-state index in [1.807, 2.05) is 36.4 Å². The van der Waals surface area contributed by atoms with Gasteiger partial charge in [0.15, 0.2) is 0 Å². The van der Waals surface area contributed by atoms with Crippen LogP contribution in [0.3, 0.4) is 0 Å². The van der Waals surface area contributed by atoms with E-state index in [0.29, 0.717) is 10.7 Å². The van der Waals surface area contributed by atoms with Crippen molar-refractivity contribution in [3.05, 3.63) is 47.4 Å². The zero-order chi connectivity index (χ0) is 17.6. The smallest absolute Gasteiger partial charge is 0.130 e. The summed E-state index contributed by atoms with van der Waals surface area (Å²) in [5, 5.41) is 8.85. The lowest BCUT2D eigenvalue weighted by Gasteiger charge is -2.29. The average molecular weight is 357 g/mol. The zero-order valence-corrected chi connectivity index (χ0v) is 15.4. The lowest BCUT2D eigenvalue weighted by atomic mass is 9.92. The summed E-state index contributed by atoms with van der Waals surface area (Å²) >= 11 is 6.22. The second-order valence-corrected chi connectivity index (χ2v) is 7.24. The molecule has 4 nitrogen and oxygen atoms in total. The lowest BCUT2D eigenvalue weighted by molar-refractivity contribution is 0.204. The normalized spacial score (nSPS) is 18.7. The van der Waals surface area contributed by atoms with E-state index in [2.05, 4.69) is 21.9 Å². The highest BCUT2D eigenvalue weighted by molar-refractivity contribution is 6.33. The number of benzene rings is 1. The van der Waals surface area contributed by atoms with Crippen molar-refractivity contribution in [1.82, 2.24) is 14.9 Å². The third kappa shape index (κ3) is 5.03. The molecule has 1 atom stereocenters. The fourth-order valence-electron chi connectivity index (χ4n) is 3.37. The van der Waals surface area contributed by atoms with E-state index in [0.717, 1.165) is 42.4 Å². The van der Waals surface area contributed by atoms with Crippen molar-refractivity contribution in [3.63, 3.8) is 0 Å². The molecule has 1 unspecified atom stereocenters. The van der Waals surface area contributed by atoms with E-state index in [4.69, 9.17) is 17.0 Å². The fraction of sp³-hybridized carbons (Fsp3) is 0.400. The third-order valence-electron chi connectivity index (χ3n) is 4.75. The Morgan fingerprint density at radius 3 is 3.08 bits per heavy atom. The molecule has 3 rings (SSSR count). The molecule has 1 aliphatic rings. The molecule has 5 heteroatoms. The molecule has 0 saturated carbocycles. The van der Waals surface area contributed by atoms with Crippen LogP contribution in [0.15, 0.2) is 36.5 Å². The van der Waals surface area contributed by atoms with Crippen molar-refractivity contribution in [3.8, 4) is 11.3 Å². The second kappa shape index (κ2) is 8.45. The van der Waals surface area contributed by atoms with E-state index in [1.165, 1.54) is 19.4 Å². The number of H-pyrrole nitrogens is 1. The maximum atomic E-state index is 8.15. The number of hydrogen-bond donors (Lipinski definition) is 2. The van der Waals surface area contributed by atoms with Crippen molar-refractivity contribution >= 4 is 23.4 Å². The van der Waals surface area contributed by atoms with Gasteiger partial charge >= 0.3 is 0 Å². The van der Waals surface area contributed by atoms with E-state index in [9.17, 15) is 0 Å². The lowest BCUT2D eigenvalue weighted by Crippen LogP contribution is -2.32. The molecule has 2 N–H and O–H groups in total. The Hall–Kier alpha value is -1.91. The summed E-state index contributed by atoms with van der Waals surface area (Å²) < 4.78 is 0. The van der Waals surface area contributed by atoms with Crippen LogP contribution in [0.4, 0.5) is 0 Å². The number of piperidine rings is 1. The number of likely N-dealkylation sites (tertiary alicyclic amines) is 1. The van der Waals surface area contributed by atoms with Crippen molar-refractivity contribution in [2.24, 2.45) is 5.92 Å². The van der Waals surface area contributed by atoms with Crippen LogP contribution in [0, 0.1) is 11.3 Å². The molecule has 1 aromatic heterocycles. The van der Waals surface area contributed by atoms with Crippen molar-refractivity contribution in [2.75, 3.05) is 20.1 Å². The van der Waals surface area contributed by atoms with Gasteiger partial charge in [0.2, 0.25) is 0 Å². The molecule has 25 heavy (non-hydrogen) atoms. The number of allylic oxidation sites excluding steroid dienone is 1. The van der Waals surface area contributed by atoms with Gasteiger partial charge in [0.1, 0.15) is 5.82 Å². The Morgan fingerprint density at radius 2 is 2.28 bits per heavy atom. The second-order valence-electron chi connectivity index (χ2n) is 6.83. The largest absolute Gasteiger partial charge is 0.338 e. The van der Waals surface area contributed by atoms with Gasteiger partial charge in [-0.15, -0.1) is 0 Å². The summed E-state index contributed by atoms with van der Waals surface area (Å²) in [6, 6.07) is 7.70. The molecule has 0 amide bonds. The first-order valence-corrected chi connectivity index (χ1v) is 9.23. The van der Waals surface area contributed by atoms with Crippen LogP contribution in [-0.2, 0) is 0 Å². The Labute approximate surface area is 154 Å². The molecule has 2 heterocycles. The van der Waals surface area contributed by atoms with Crippen molar-refractivity contribution in [2.45, 2.75) is 25.7 Å². The molecule has 1 saturated heterocycles. The highest BCUT2D eigenvalue weighted by Gasteiger charge is 2.16. The van der Waals surface area contributed by atoms with Gasteiger partial charge in [0.05, 0.1) is 11.9 Å². The average Bonchev–Trinajstić information content (AvgIpc) is 3.07. The number of nitrogens with one attached hydrogen (secondary N) is 2. The number of nitrogens with zero attached hydrogens (tertiary/aromatic N) is 2. The number of rotatable bonds is 6. The van der Waals surface area contributed by atoms with Crippen molar-refractivity contribution in [1.29, 1.82) is 5.41 Å². The number of imidazole rings is 1. The van der Waals surface area contributed by atoms with Crippen LogP contribution >= 0.6 is 11.6 Å². The van der Waals surface area contributed by atoms with Gasteiger partial charge in [-0.05, 0) is 63.4 Å². The predicted octanol–water partition coefficient (Wildman–Crippen LogP) is 4.89. The van der Waals surface area contributed by atoms with Crippen LogP contribution in [-0.4, -0.2) is 40.7 Å². The Bertz CT molecular complexity index is 750. The first-order valence-electron chi connectivity index (χ1n) is 8.86. The molecule has 1 aromatic carbocycles. The Morgan fingerprint density at radius 1 is 1.44 bits per heavy atom. The quantitative estimate of drug-likeness (QED) is 0.724. The van der Waals surface area contributed by atoms with E-state index in [-0.39, 0.29) is 0 Å². The molecular formula is C20H25ClN4. The highest BCUT2D eigenvalue weighted by atomic mass is 35.5. The predicted molar refractivity (Wildman–Crippen MR) is 105 cm³/mol. The SMILES string of the molecule is CN1CCCC(CCC(=N)/C=C\c2ncc(-c3ccccc3Cl)[nH]2)C1. The first-order chi connectivity index (χ1) is 12.1. The standard InChI is InChI=1S/C20H25ClN4/c1-25-12-4-5-15(14-25)8-9-16(22)10-11-20-23-13-19(24-20)17-6-2-3-7-18(17)21/h2-3,6-7,10-11,13,15,22H,4-5,8-9,12,14H2,1H3,(H,23,24)/b11-10-,22-16?. The summed E-state index contributed by atoms with van der Waals surface area (Å²) in [6.07, 6.45) is 9.99. The molecule has 132 valence electrons. The van der Waals surface area contributed by atoms with Gasteiger partial charge in [-0.25, -0.2) is 4.98 Å². The maximum Gasteiger partial charge on any atom is 0.130 e. The number of aromatic amines is 1. The number of aromatic nitrogens is 2. The third-order valence-corrected chi connectivity index (χ3v) is 5.08. The summed E-state index contributed by atoms with van der Waals surface area (Å²) in [4.78, 5) is 10.0. The molecule has 0 radical (unpaired) electrons. The van der Waals surface area contributed by atoms with Crippen LogP contribution in [0.1, 0.15) is 31.5 Å². The molecule has 0 bridgehead atoms. The molecule has 2 aromatic rings. The van der Waals surface area contributed by atoms with Gasteiger partial charge in [0.25, 0.3) is 0 Å². The van der Waals surface area contributed by atoms with Crippen LogP contribution in [0.5, 0.6) is 0 Å². The Kier molecular flexibility index (Phi) is 6.05. The van der Waals surface area contributed by atoms with Crippen molar-refractivity contribution < 1.29 is 0 Å². The van der Waals surface area contributed by atoms with E-state index >= 15 is 0 Å². The zero-order valence-electron chi connectivity index (χ0n) is 14.6. The van der Waals surface area contributed by atoms with Gasteiger partial charge in [0, 0.05) is 22.8 Å². The van der Waals surface area contributed by atoms with Crippen LogP contribution in [0.25, 0.3) is 17.3 Å². The topological polar surface area (TPSA) is 55.8 Å². The molecule has 0 aliphatic carbocycles. The van der Waals surface area contributed by atoms with Gasteiger partial charge in [-0.3, -0.25) is 0 Å². The Balaban J connectivity index is 1.53. The number of hydrogen-bond acceptors (Lipinski definition) is 3. The minimum absolute atomic E-state index is 0.656. The van der Waals surface area contributed by atoms with E-state index in [1.54, 1.807) is 6.20 Å². The van der Waals surface area contributed by atoms with E-state index < -0.39 is 0 Å². The molecule has 1 aliphatic heterocycles.